The van der Waals surface area contributed by atoms with Crippen LogP contribution in [-0.4, -0.2) is 9.97 Å². The van der Waals surface area contributed by atoms with E-state index in [0.717, 1.165) is 66.4 Å². The predicted molar refractivity (Wildman–Crippen MR) is 149 cm³/mol. The van der Waals surface area contributed by atoms with E-state index in [1.54, 1.807) is 6.20 Å². The Bertz CT molecular complexity index is 2120. The van der Waals surface area contributed by atoms with E-state index in [9.17, 15) is 0 Å². The van der Waals surface area contributed by atoms with Gasteiger partial charge in [-0.05, 0) is 53.9 Å². The van der Waals surface area contributed by atoms with Crippen molar-refractivity contribution in [1.82, 2.24) is 9.97 Å². The average molecular weight is 478 g/mol. The van der Waals surface area contributed by atoms with Gasteiger partial charge in [-0.15, -0.1) is 0 Å². The van der Waals surface area contributed by atoms with Gasteiger partial charge in [0.1, 0.15) is 16.9 Å². The van der Waals surface area contributed by atoms with Crippen LogP contribution >= 0.6 is 0 Å². The Labute approximate surface area is 211 Å². The van der Waals surface area contributed by atoms with Crippen molar-refractivity contribution in [3.63, 3.8) is 0 Å². The molecule has 0 fully saturated rings. The maximum atomic E-state index is 6.36. The van der Waals surface area contributed by atoms with E-state index in [0.29, 0.717) is 5.71 Å². The zero-order chi connectivity index (χ0) is 24.3. The third-order valence-electron chi connectivity index (χ3n) is 6.94. The van der Waals surface area contributed by atoms with Gasteiger partial charge in [-0.2, -0.15) is 0 Å². The fraction of sp³-hybridized carbons (Fsp3) is 0. The van der Waals surface area contributed by atoms with Crippen LogP contribution in [0.15, 0.2) is 124 Å². The van der Waals surface area contributed by atoms with Crippen molar-refractivity contribution >= 4 is 72.1 Å². The van der Waals surface area contributed by atoms with Crippen molar-refractivity contribution in [3.05, 3.63) is 115 Å². The molecule has 4 heterocycles. The van der Waals surface area contributed by atoms with Gasteiger partial charge in [-0.3, -0.25) is 4.90 Å². The summed E-state index contributed by atoms with van der Waals surface area (Å²) < 4.78 is 12.4. The van der Waals surface area contributed by atoms with Crippen molar-refractivity contribution in [2.24, 2.45) is 0 Å². The number of rotatable bonds is 3. The lowest BCUT2D eigenvalue weighted by Gasteiger charge is -2.25. The van der Waals surface area contributed by atoms with Crippen molar-refractivity contribution in [3.8, 4) is 0 Å². The number of pyridine rings is 2. The molecule has 0 saturated heterocycles. The highest BCUT2D eigenvalue weighted by atomic mass is 16.3. The topological polar surface area (TPSA) is 55.3 Å². The van der Waals surface area contributed by atoms with Gasteiger partial charge in [-0.1, -0.05) is 60.7 Å². The Morgan fingerprint density at radius 1 is 0.541 bits per heavy atom. The average Bonchev–Trinajstić information content (AvgIpc) is 3.52. The molecule has 5 heteroatoms. The minimum absolute atomic E-state index is 0.618. The largest absolute Gasteiger partial charge is 0.454 e. The molecule has 4 aromatic heterocycles. The van der Waals surface area contributed by atoms with Crippen molar-refractivity contribution < 1.29 is 8.83 Å². The highest BCUT2D eigenvalue weighted by Crippen LogP contribution is 2.44. The van der Waals surface area contributed by atoms with Gasteiger partial charge in [0.2, 0.25) is 5.71 Å². The van der Waals surface area contributed by atoms with Gasteiger partial charge in [0, 0.05) is 27.7 Å². The van der Waals surface area contributed by atoms with Crippen LogP contribution in [0.5, 0.6) is 0 Å². The zero-order valence-electron chi connectivity index (χ0n) is 19.6. The fourth-order valence-corrected chi connectivity index (χ4v) is 5.28. The van der Waals surface area contributed by atoms with E-state index in [-0.39, 0.29) is 0 Å². The molecule has 37 heavy (non-hydrogen) atoms. The Hall–Kier alpha value is -5.16. The van der Waals surface area contributed by atoms with Crippen LogP contribution in [0.3, 0.4) is 0 Å². The van der Waals surface area contributed by atoms with Crippen molar-refractivity contribution in [2.45, 2.75) is 0 Å². The molecule has 8 rings (SSSR count). The summed E-state index contributed by atoms with van der Waals surface area (Å²) >= 11 is 0. The molecule has 8 aromatic rings. The van der Waals surface area contributed by atoms with E-state index >= 15 is 0 Å². The van der Waals surface area contributed by atoms with E-state index in [1.165, 1.54) is 0 Å². The first-order chi connectivity index (χ1) is 18.3. The molecular formula is C32H19N3O2. The maximum Gasteiger partial charge on any atom is 0.227 e. The summed E-state index contributed by atoms with van der Waals surface area (Å²) in [7, 11) is 0. The number of benzene rings is 4. The molecule has 0 aliphatic heterocycles. The second-order valence-corrected chi connectivity index (χ2v) is 9.06. The van der Waals surface area contributed by atoms with Crippen LogP contribution in [0.25, 0.3) is 54.9 Å². The van der Waals surface area contributed by atoms with Crippen LogP contribution in [0.1, 0.15) is 0 Å². The first kappa shape index (κ1) is 20.1. The highest BCUT2D eigenvalue weighted by molar-refractivity contribution is 6.11. The molecule has 174 valence electrons. The van der Waals surface area contributed by atoms with Crippen LogP contribution in [-0.2, 0) is 0 Å². The second kappa shape index (κ2) is 7.67. The summed E-state index contributed by atoms with van der Waals surface area (Å²) in [6.07, 6.45) is 1.76. The molecule has 0 spiro atoms. The monoisotopic (exact) mass is 477 g/mol. The highest BCUT2D eigenvalue weighted by Gasteiger charge is 2.22. The Kier molecular flexibility index (Phi) is 4.16. The van der Waals surface area contributed by atoms with Crippen LogP contribution in [0, 0.1) is 0 Å². The van der Waals surface area contributed by atoms with Gasteiger partial charge in [0.25, 0.3) is 0 Å². The van der Waals surface area contributed by atoms with Gasteiger partial charge in [0.15, 0.2) is 11.2 Å². The second-order valence-electron chi connectivity index (χ2n) is 9.06. The molecule has 0 bridgehead atoms. The lowest BCUT2D eigenvalue weighted by atomic mass is 10.1. The Morgan fingerprint density at radius 2 is 1.30 bits per heavy atom. The van der Waals surface area contributed by atoms with Gasteiger partial charge < -0.3 is 8.83 Å². The first-order valence-corrected chi connectivity index (χ1v) is 12.2. The van der Waals surface area contributed by atoms with E-state index < -0.39 is 0 Å². The Balaban J connectivity index is 1.47. The number of furan rings is 2. The quantitative estimate of drug-likeness (QED) is 0.254. The van der Waals surface area contributed by atoms with E-state index in [1.807, 2.05) is 48.5 Å². The summed E-state index contributed by atoms with van der Waals surface area (Å²) in [6.45, 7) is 0. The molecule has 4 aromatic carbocycles. The van der Waals surface area contributed by atoms with Gasteiger partial charge in [0.05, 0.1) is 11.4 Å². The minimum atomic E-state index is 0.618. The molecule has 0 aliphatic carbocycles. The van der Waals surface area contributed by atoms with Gasteiger partial charge >= 0.3 is 0 Å². The molecule has 0 aliphatic rings. The van der Waals surface area contributed by atoms with E-state index in [2.05, 4.69) is 70.5 Å². The molecule has 0 amide bonds. The van der Waals surface area contributed by atoms with Crippen LogP contribution < -0.4 is 4.90 Å². The van der Waals surface area contributed by atoms with Crippen molar-refractivity contribution in [2.75, 3.05) is 4.90 Å². The molecule has 0 unspecified atom stereocenters. The molecule has 5 nitrogen and oxygen atoms in total. The summed E-state index contributed by atoms with van der Waals surface area (Å²) in [5.41, 5.74) is 5.70. The van der Waals surface area contributed by atoms with E-state index in [4.69, 9.17) is 13.8 Å². The SMILES string of the molecule is c1ccc2c(N(c3ccc4oc5ccccc5c4n3)c3cccc4c3oc3ncccc34)cccc2c1. The number of anilines is 3. The van der Waals surface area contributed by atoms with Crippen LogP contribution in [0.2, 0.25) is 0 Å². The Morgan fingerprint density at radius 3 is 2.27 bits per heavy atom. The molecule has 0 atom stereocenters. The minimum Gasteiger partial charge on any atom is -0.454 e. The number of para-hydroxylation sites is 2. The van der Waals surface area contributed by atoms with Gasteiger partial charge in [-0.25, -0.2) is 9.97 Å². The standard InChI is InChI=1S/C32H19N3O2/c1-2-10-21-20(8-1)9-5-14-25(21)35(26-15-6-12-22-23-13-7-19-33-32(23)37-31(22)26)29-18-17-28-30(34-29)24-11-3-4-16-27(24)36-28/h1-19H. The summed E-state index contributed by atoms with van der Waals surface area (Å²) in [4.78, 5) is 11.8. The third kappa shape index (κ3) is 2.98. The maximum absolute atomic E-state index is 6.36. The molecule has 0 N–H and O–H groups in total. The number of aromatic nitrogens is 2. The lowest BCUT2D eigenvalue weighted by Crippen LogP contribution is -2.12. The molecule has 0 saturated carbocycles. The fourth-order valence-electron chi connectivity index (χ4n) is 5.28. The predicted octanol–water partition coefficient (Wildman–Crippen LogP) is 8.90. The molecular weight excluding hydrogens is 458 g/mol. The number of hydrogen-bond acceptors (Lipinski definition) is 5. The van der Waals surface area contributed by atoms with Crippen molar-refractivity contribution in [1.29, 1.82) is 0 Å². The number of nitrogens with zero attached hydrogens (tertiary/aromatic N) is 3. The number of fused-ring (bicyclic) bond motifs is 7. The smallest absolute Gasteiger partial charge is 0.227 e. The summed E-state index contributed by atoms with van der Waals surface area (Å²) in [6, 6.07) is 36.9. The first-order valence-electron chi connectivity index (χ1n) is 12.2. The normalized spacial score (nSPS) is 11.8. The third-order valence-corrected chi connectivity index (χ3v) is 6.94. The summed E-state index contributed by atoms with van der Waals surface area (Å²) in [5.74, 6) is 0.774. The van der Waals surface area contributed by atoms with Crippen LogP contribution in [0.4, 0.5) is 17.2 Å². The lowest BCUT2D eigenvalue weighted by molar-refractivity contribution is 0.654. The summed E-state index contributed by atoms with van der Waals surface area (Å²) in [5, 5.41) is 5.26. The molecule has 0 radical (unpaired) electrons. The number of hydrogen-bond donors (Lipinski definition) is 0. The zero-order valence-corrected chi connectivity index (χ0v) is 19.6.